The second-order valence-electron chi connectivity index (χ2n) is 9.88. The molecule has 4 heteroatoms. The Labute approximate surface area is 207 Å². The maximum absolute atomic E-state index is 12.8. The zero-order valence-electron chi connectivity index (χ0n) is 21.9. The van der Waals surface area contributed by atoms with Crippen LogP contribution >= 0.6 is 0 Å². The fraction of sp³-hybridized carbons (Fsp3) is 0.567. The molecule has 4 nitrogen and oxygen atoms in total. The fourth-order valence-electron chi connectivity index (χ4n) is 4.53. The maximum Gasteiger partial charge on any atom is 0.364 e. The molecule has 0 spiro atoms. The third-order valence-electron chi connectivity index (χ3n) is 6.45. The van der Waals surface area contributed by atoms with Gasteiger partial charge in [-0.3, -0.25) is 0 Å². The topological polar surface area (TPSA) is 35.5 Å². The molecule has 34 heavy (non-hydrogen) atoms. The number of hydrogen-bond donors (Lipinski definition) is 0. The highest BCUT2D eigenvalue weighted by molar-refractivity contribution is 5.74. The molecule has 0 aliphatic carbocycles. The number of ether oxygens (including phenoxy) is 2. The van der Waals surface area contributed by atoms with E-state index in [-0.39, 0.29) is 12.0 Å². The van der Waals surface area contributed by atoms with Crippen LogP contribution in [0.15, 0.2) is 54.6 Å². The lowest BCUT2D eigenvalue weighted by Gasteiger charge is -2.36. The first-order valence-electron chi connectivity index (χ1n) is 13.2. The van der Waals surface area contributed by atoms with Crippen molar-refractivity contribution in [1.82, 2.24) is 0 Å². The normalized spacial score (nSPS) is 12.4. The summed E-state index contributed by atoms with van der Waals surface area (Å²) in [6.45, 7) is 6.04. The minimum Gasteiger partial charge on any atom is -0.493 e. The number of benzene rings is 2. The summed E-state index contributed by atoms with van der Waals surface area (Å²) in [5.74, 6) is 0.784. The molecule has 0 N–H and O–H groups in total. The Bertz CT molecular complexity index is 819. The number of hydrogen-bond acceptors (Lipinski definition) is 3. The fourth-order valence-corrected chi connectivity index (χ4v) is 4.53. The lowest BCUT2D eigenvalue weighted by molar-refractivity contribution is -0.919. The number of esters is 1. The number of carbonyl (C=O) groups excluding carboxylic acids is 1. The highest BCUT2D eigenvalue weighted by Gasteiger charge is 2.34. The van der Waals surface area contributed by atoms with Crippen molar-refractivity contribution < 1.29 is 18.8 Å². The molecule has 2 rings (SSSR count). The molecule has 0 aliphatic rings. The maximum atomic E-state index is 12.8. The van der Waals surface area contributed by atoms with E-state index in [0.717, 1.165) is 25.1 Å². The lowest BCUT2D eigenvalue weighted by atomic mass is 10.0. The van der Waals surface area contributed by atoms with E-state index in [2.05, 4.69) is 58.3 Å². The highest BCUT2D eigenvalue weighted by Crippen LogP contribution is 2.19. The predicted molar refractivity (Wildman–Crippen MR) is 141 cm³/mol. The summed E-state index contributed by atoms with van der Waals surface area (Å²) in [6, 6.07) is 18.5. The van der Waals surface area contributed by atoms with Gasteiger partial charge in [-0.25, -0.2) is 4.79 Å². The number of likely N-dealkylation sites (N-methyl/N-ethyl adjacent to an activating group) is 1. The molecule has 0 aliphatic heterocycles. The quantitative estimate of drug-likeness (QED) is 0.143. The molecule has 0 saturated heterocycles. The van der Waals surface area contributed by atoms with Crippen molar-refractivity contribution >= 4 is 5.97 Å². The monoisotopic (exact) mass is 468 g/mol. The molecule has 0 fully saturated rings. The van der Waals surface area contributed by atoms with Crippen LogP contribution in [-0.4, -0.2) is 43.8 Å². The second-order valence-corrected chi connectivity index (χ2v) is 9.88. The van der Waals surface area contributed by atoms with Crippen molar-refractivity contribution in [2.24, 2.45) is 0 Å². The van der Waals surface area contributed by atoms with Crippen LogP contribution in [0.4, 0.5) is 0 Å². The molecule has 0 bridgehead atoms. The number of nitrogens with zero attached hydrogens (tertiary/aromatic N) is 1. The molecule has 0 amide bonds. The van der Waals surface area contributed by atoms with Gasteiger partial charge in [0.2, 0.25) is 0 Å². The van der Waals surface area contributed by atoms with Crippen molar-refractivity contribution in [1.29, 1.82) is 0 Å². The van der Waals surface area contributed by atoms with Gasteiger partial charge >= 0.3 is 5.97 Å². The van der Waals surface area contributed by atoms with E-state index in [0.29, 0.717) is 24.1 Å². The minimum atomic E-state index is -0.181. The van der Waals surface area contributed by atoms with Crippen LogP contribution in [0.25, 0.3) is 0 Å². The van der Waals surface area contributed by atoms with E-state index >= 15 is 0 Å². The molecule has 0 radical (unpaired) electrons. The first-order valence-corrected chi connectivity index (χ1v) is 13.2. The zero-order chi connectivity index (χ0) is 24.7. The smallest absolute Gasteiger partial charge is 0.364 e. The van der Waals surface area contributed by atoms with Crippen LogP contribution in [0.5, 0.6) is 5.75 Å². The van der Waals surface area contributed by atoms with Gasteiger partial charge in [0.1, 0.15) is 12.3 Å². The second kappa shape index (κ2) is 15.5. The Balaban J connectivity index is 1.69. The molecule has 2 aromatic carbocycles. The van der Waals surface area contributed by atoms with Crippen molar-refractivity contribution in [3.8, 4) is 5.75 Å². The van der Waals surface area contributed by atoms with Crippen molar-refractivity contribution in [2.45, 2.75) is 84.2 Å². The molecule has 0 aromatic heterocycles. The molecular formula is C30H46NO3+. The molecule has 188 valence electrons. The summed E-state index contributed by atoms with van der Waals surface area (Å²) in [6.07, 6.45) is 10.4. The summed E-state index contributed by atoms with van der Waals surface area (Å²) in [4.78, 5) is 12.8. The first-order chi connectivity index (χ1) is 16.5. The van der Waals surface area contributed by atoms with Gasteiger partial charge in [-0.2, -0.15) is 0 Å². The molecule has 2 aromatic rings. The third kappa shape index (κ3) is 10.3. The average Bonchev–Trinajstić information content (AvgIpc) is 2.82. The van der Waals surface area contributed by atoms with Crippen molar-refractivity contribution in [3.63, 3.8) is 0 Å². The standard InChI is InChI=1S/C30H46NO3/c1-5-7-8-9-10-12-17-26-20-15-21-28(24-26)33-22-16-23-34-30(32)29(6-2)31(3,4)25-27-18-13-11-14-19-27/h11,13-15,18-21,24,29H,5-10,12,16-17,22-23,25H2,1-4H3/q+1. The Kier molecular flexibility index (Phi) is 12.8. The van der Waals surface area contributed by atoms with E-state index in [1.54, 1.807) is 0 Å². The van der Waals surface area contributed by atoms with Crippen LogP contribution in [0.3, 0.4) is 0 Å². The molecular weight excluding hydrogens is 422 g/mol. The Morgan fingerprint density at radius 3 is 2.26 bits per heavy atom. The number of unbranched alkanes of at least 4 members (excludes halogenated alkanes) is 5. The molecule has 0 saturated carbocycles. The van der Waals surface area contributed by atoms with Gasteiger partial charge in [-0.1, -0.05) is 88.4 Å². The first kappa shape index (κ1) is 27.9. The van der Waals surface area contributed by atoms with Crippen LogP contribution in [-0.2, 0) is 22.5 Å². The minimum absolute atomic E-state index is 0.121. The number of quaternary nitrogens is 1. The van der Waals surface area contributed by atoms with E-state index in [4.69, 9.17) is 9.47 Å². The molecule has 1 unspecified atom stereocenters. The van der Waals surface area contributed by atoms with Crippen LogP contribution in [0, 0.1) is 0 Å². The summed E-state index contributed by atoms with van der Waals surface area (Å²) in [5, 5.41) is 0. The summed E-state index contributed by atoms with van der Waals surface area (Å²) in [7, 11) is 4.20. The van der Waals surface area contributed by atoms with Gasteiger partial charge < -0.3 is 14.0 Å². The van der Waals surface area contributed by atoms with Gasteiger partial charge in [0, 0.05) is 18.4 Å². The van der Waals surface area contributed by atoms with E-state index in [1.807, 2.05) is 24.3 Å². The Morgan fingerprint density at radius 1 is 0.824 bits per heavy atom. The van der Waals surface area contributed by atoms with Crippen molar-refractivity contribution in [2.75, 3.05) is 27.3 Å². The summed E-state index contributed by atoms with van der Waals surface area (Å²) >= 11 is 0. The van der Waals surface area contributed by atoms with Crippen molar-refractivity contribution in [3.05, 3.63) is 65.7 Å². The van der Waals surface area contributed by atoms with Crippen LogP contribution in [0.2, 0.25) is 0 Å². The predicted octanol–water partition coefficient (Wildman–Crippen LogP) is 6.96. The van der Waals surface area contributed by atoms with E-state index in [9.17, 15) is 4.79 Å². The third-order valence-corrected chi connectivity index (χ3v) is 6.45. The Morgan fingerprint density at radius 2 is 1.53 bits per heavy atom. The highest BCUT2D eigenvalue weighted by atomic mass is 16.5. The molecule has 1 atom stereocenters. The van der Waals surface area contributed by atoms with Gasteiger partial charge in [0.15, 0.2) is 6.04 Å². The number of aryl methyl sites for hydroxylation is 1. The SMILES string of the molecule is CCCCCCCCc1cccc(OCCCOC(=O)C(CC)[N+](C)(C)Cc2ccccc2)c1. The zero-order valence-corrected chi connectivity index (χ0v) is 21.9. The summed E-state index contributed by atoms with van der Waals surface area (Å²) in [5.41, 5.74) is 2.56. The van der Waals surface area contributed by atoms with Gasteiger partial charge in [-0.15, -0.1) is 0 Å². The lowest BCUT2D eigenvalue weighted by Crippen LogP contribution is -2.52. The average molecular weight is 469 g/mol. The molecule has 0 heterocycles. The van der Waals surface area contributed by atoms with Crippen LogP contribution < -0.4 is 4.74 Å². The summed E-state index contributed by atoms with van der Waals surface area (Å²) < 4.78 is 12.1. The number of rotatable bonds is 17. The van der Waals surface area contributed by atoms with Gasteiger partial charge in [0.05, 0.1) is 27.3 Å². The van der Waals surface area contributed by atoms with E-state index in [1.165, 1.54) is 49.7 Å². The van der Waals surface area contributed by atoms with E-state index < -0.39 is 0 Å². The largest absolute Gasteiger partial charge is 0.493 e. The van der Waals surface area contributed by atoms with Crippen LogP contribution in [0.1, 0.15) is 76.3 Å². The van der Waals surface area contributed by atoms with Gasteiger partial charge in [0.25, 0.3) is 0 Å². The number of carbonyl (C=O) groups is 1. The Hall–Kier alpha value is -2.33. The van der Waals surface area contributed by atoms with Gasteiger partial charge in [-0.05, 0) is 30.5 Å².